The molecular formula is C18H27NO. The lowest BCUT2D eigenvalue weighted by Gasteiger charge is -2.17. The van der Waals surface area contributed by atoms with Crippen molar-refractivity contribution in [2.75, 3.05) is 13.2 Å². The predicted molar refractivity (Wildman–Crippen MR) is 83.5 cm³/mol. The molecule has 1 aromatic rings. The molecule has 1 aliphatic carbocycles. The van der Waals surface area contributed by atoms with Crippen molar-refractivity contribution in [3.8, 4) is 5.75 Å². The molecule has 3 rings (SSSR count). The molecule has 1 N–H and O–H groups in total. The van der Waals surface area contributed by atoms with E-state index in [-0.39, 0.29) is 0 Å². The highest BCUT2D eigenvalue weighted by molar-refractivity contribution is 5.38. The van der Waals surface area contributed by atoms with E-state index in [4.69, 9.17) is 4.74 Å². The van der Waals surface area contributed by atoms with E-state index >= 15 is 0 Å². The van der Waals surface area contributed by atoms with E-state index < -0.39 is 0 Å². The molecule has 0 unspecified atom stereocenters. The second-order valence-electron chi connectivity index (χ2n) is 6.29. The van der Waals surface area contributed by atoms with Crippen LogP contribution in [0, 0.1) is 0 Å². The van der Waals surface area contributed by atoms with Gasteiger partial charge in [0.05, 0.1) is 6.61 Å². The van der Waals surface area contributed by atoms with Gasteiger partial charge in [0.2, 0.25) is 0 Å². The average Bonchev–Trinajstić information content (AvgIpc) is 3.30. The SMILES string of the molecule is c1cc2c(cc1CCCCCCNC1CC1)CCCO2. The minimum Gasteiger partial charge on any atom is -0.493 e. The van der Waals surface area contributed by atoms with Crippen molar-refractivity contribution in [3.05, 3.63) is 29.3 Å². The maximum absolute atomic E-state index is 5.67. The number of hydrogen-bond acceptors (Lipinski definition) is 2. The number of aryl methyl sites for hydroxylation is 2. The maximum atomic E-state index is 5.67. The lowest BCUT2D eigenvalue weighted by Crippen LogP contribution is -2.17. The average molecular weight is 273 g/mol. The third kappa shape index (κ3) is 4.24. The maximum Gasteiger partial charge on any atom is 0.122 e. The summed E-state index contributed by atoms with van der Waals surface area (Å²) in [6.45, 7) is 2.11. The van der Waals surface area contributed by atoms with Crippen LogP contribution in [-0.2, 0) is 12.8 Å². The smallest absolute Gasteiger partial charge is 0.122 e. The van der Waals surface area contributed by atoms with E-state index in [2.05, 4.69) is 23.5 Å². The van der Waals surface area contributed by atoms with Crippen LogP contribution in [0.3, 0.4) is 0 Å². The van der Waals surface area contributed by atoms with Gasteiger partial charge in [-0.3, -0.25) is 0 Å². The fourth-order valence-corrected chi connectivity index (χ4v) is 2.97. The van der Waals surface area contributed by atoms with Crippen LogP contribution in [-0.4, -0.2) is 19.2 Å². The fraction of sp³-hybridized carbons (Fsp3) is 0.667. The van der Waals surface area contributed by atoms with Gasteiger partial charge in [-0.2, -0.15) is 0 Å². The molecule has 0 bridgehead atoms. The van der Waals surface area contributed by atoms with E-state index in [1.165, 1.54) is 75.5 Å². The van der Waals surface area contributed by atoms with Crippen molar-refractivity contribution in [2.24, 2.45) is 0 Å². The van der Waals surface area contributed by atoms with E-state index in [1.807, 2.05) is 0 Å². The molecule has 1 aliphatic heterocycles. The van der Waals surface area contributed by atoms with Crippen LogP contribution in [0.1, 0.15) is 56.1 Å². The Kier molecular flexibility index (Phi) is 4.96. The van der Waals surface area contributed by atoms with Gasteiger partial charge >= 0.3 is 0 Å². The molecule has 0 amide bonds. The zero-order valence-corrected chi connectivity index (χ0v) is 12.5. The molecule has 2 nitrogen and oxygen atoms in total. The summed E-state index contributed by atoms with van der Waals surface area (Å²) < 4.78 is 5.67. The first-order chi connectivity index (χ1) is 9.92. The lowest BCUT2D eigenvalue weighted by atomic mass is 10.00. The van der Waals surface area contributed by atoms with E-state index in [1.54, 1.807) is 0 Å². The van der Waals surface area contributed by atoms with Gasteiger partial charge in [-0.1, -0.05) is 25.0 Å². The summed E-state index contributed by atoms with van der Waals surface area (Å²) in [6.07, 6.45) is 11.8. The summed E-state index contributed by atoms with van der Waals surface area (Å²) >= 11 is 0. The quantitative estimate of drug-likeness (QED) is 0.726. The zero-order chi connectivity index (χ0) is 13.6. The first-order valence-electron chi connectivity index (χ1n) is 8.40. The molecule has 2 aliphatic rings. The van der Waals surface area contributed by atoms with Crippen molar-refractivity contribution in [1.82, 2.24) is 5.32 Å². The summed E-state index contributed by atoms with van der Waals surface area (Å²) in [4.78, 5) is 0. The topological polar surface area (TPSA) is 21.3 Å². The summed E-state index contributed by atoms with van der Waals surface area (Å²) in [6, 6.07) is 7.65. The minimum absolute atomic E-state index is 0.868. The molecule has 1 heterocycles. The predicted octanol–water partition coefficient (Wildman–Crippen LogP) is 3.87. The Morgan fingerprint density at radius 1 is 1.10 bits per heavy atom. The molecule has 1 fully saturated rings. The highest BCUT2D eigenvalue weighted by Crippen LogP contribution is 2.26. The largest absolute Gasteiger partial charge is 0.493 e. The second-order valence-corrected chi connectivity index (χ2v) is 6.29. The molecule has 110 valence electrons. The minimum atomic E-state index is 0.868. The standard InChI is InChI=1S/C18H27NO/c1(2-4-12-19-17-9-10-17)3-6-15-8-11-18-16(14-15)7-5-13-20-18/h8,11,14,17,19H,1-7,9-10,12-13H2. The van der Waals surface area contributed by atoms with E-state index in [0.29, 0.717) is 0 Å². The van der Waals surface area contributed by atoms with Gasteiger partial charge in [-0.05, 0) is 68.7 Å². The Hall–Kier alpha value is -1.02. The summed E-state index contributed by atoms with van der Waals surface area (Å²) in [5.74, 6) is 1.12. The molecule has 0 spiro atoms. The van der Waals surface area contributed by atoms with Gasteiger partial charge in [0.25, 0.3) is 0 Å². The van der Waals surface area contributed by atoms with Crippen LogP contribution >= 0.6 is 0 Å². The number of rotatable bonds is 8. The van der Waals surface area contributed by atoms with Gasteiger partial charge in [-0.25, -0.2) is 0 Å². The first kappa shape index (κ1) is 13.9. The van der Waals surface area contributed by atoms with Gasteiger partial charge in [-0.15, -0.1) is 0 Å². The second kappa shape index (κ2) is 7.12. The van der Waals surface area contributed by atoms with E-state index in [0.717, 1.165) is 18.4 Å². The van der Waals surface area contributed by atoms with Gasteiger partial charge < -0.3 is 10.1 Å². The Morgan fingerprint density at radius 3 is 2.90 bits per heavy atom. The van der Waals surface area contributed by atoms with Crippen molar-refractivity contribution in [3.63, 3.8) is 0 Å². The number of benzene rings is 1. The summed E-state index contributed by atoms with van der Waals surface area (Å²) in [5.41, 5.74) is 2.91. The Morgan fingerprint density at radius 2 is 2.00 bits per heavy atom. The van der Waals surface area contributed by atoms with Gasteiger partial charge in [0, 0.05) is 6.04 Å². The number of nitrogens with one attached hydrogen (secondary N) is 1. The van der Waals surface area contributed by atoms with Crippen molar-refractivity contribution >= 4 is 0 Å². The molecule has 0 radical (unpaired) electrons. The van der Waals surface area contributed by atoms with Crippen LogP contribution < -0.4 is 10.1 Å². The van der Waals surface area contributed by atoms with Crippen LogP contribution in [0.2, 0.25) is 0 Å². The van der Waals surface area contributed by atoms with Crippen LogP contribution in [0.4, 0.5) is 0 Å². The van der Waals surface area contributed by atoms with Crippen molar-refractivity contribution in [1.29, 1.82) is 0 Å². The molecule has 1 saturated carbocycles. The molecule has 0 saturated heterocycles. The molecule has 1 aromatic carbocycles. The third-order valence-corrected chi connectivity index (χ3v) is 4.38. The lowest BCUT2D eigenvalue weighted by molar-refractivity contribution is 0.288. The Balaban J connectivity index is 1.31. The van der Waals surface area contributed by atoms with Crippen LogP contribution in [0.15, 0.2) is 18.2 Å². The van der Waals surface area contributed by atoms with Crippen LogP contribution in [0.25, 0.3) is 0 Å². The molecule has 20 heavy (non-hydrogen) atoms. The number of ether oxygens (including phenoxy) is 1. The highest BCUT2D eigenvalue weighted by Gasteiger charge is 2.19. The molecule has 0 aromatic heterocycles. The monoisotopic (exact) mass is 273 g/mol. The molecule has 2 heteroatoms. The Labute approximate surface area is 122 Å². The van der Waals surface area contributed by atoms with E-state index in [9.17, 15) is 0 Å². The van der Waals surface area contributed by atoms with Crippen molar-refractivity contribution in [2.45, 2.75) is 63.8 Å². The molecule has 0 atom stereocenters. The van der Waals surface area contributed by atoms with Crippen LogP contribution in [0.5, 0.6) is 5.75 Å². The molecular weight excluding hydrogens is 246 g/mol. The fourth-order valence-electron chi connectivity index (χ4n) is 2.97. The third-order valence-electron chi connectivity index (χ3n) is 4.38. The van der Waals surface area contributed by atoms with Gasteiger partial charge in [0.1, 0.15) is 5.75 Å². The highest BCUT2D eigenvalue weighted by atomic mass is 16.5. The first-order valence-corrected chi connectivity index (χ1v) is 8.40. The summed E-state index contributed by atoms with van der Waals surface area (Å²) in [5, 5.41) is 3.59. The van der Waals surface area contributed by atoms with Gasteiger partial charge in [0.15, 0.2) is 0 Å². The Bertz CT molecular complexity index is 425. The van der Waals surface area contributed by atoms with Crippen molar-refractivity contribution < 1.29 is 4.74 Å². The number of hydrogen-bond donors (Lipinski definition) is 1. The normalized spacial score (nSPS) is 17.6. The number of fused-ring (bicyclic) bond motifs is 1. The number of unbranched alkanes of at least 4 members (excludes halogenated alkanes) is 3. The zero-order valence-electron chi connectivity index (χ0n) is 12.5. The summed E-state index contributed by atoms with van der Waals surface area (Å²) in [7, 11) is 0.